The molecule has 0 heterocycles. The number of ketones is 1. The number of carbonyl (C=O) groups excluding carboxylic acids is 3. The fraction of sp³-hybridized carbons (Fsp3) is 0.759. The zero-order valence-corrected chi connectivity index (χ0v) is 22.7. The molecule has 0 aromatic heterocycles. The van der Waals surface area contributed by atoms with Crippen molar-refractivity contribution in [3.63, 3.8) is 0 Å². The van der Waals surface area contributed by atoms with E-state index in [4.69, 9.17) is 9.47 Å². The number of unbranched alkanes of at least 4 members (excludes halogenated alkanes) is 3. The average molecular weight is 509 g/mol. The first kappa shape index (κ1) is 32.0. The molecule has 0 aromatic carbocycles. The van der Waals surface area contributed by atoms with Crippen LogP contribution in [0.2, 0.25) is 0 Å². The van der Waals surface area contributed by atoms with Crippen molar-refractivity contribution in [3.8, 4) is 0 Å². The lowest BCUT2D eigenvalue weighted by atomic mass is 9.85. The molecule has 7 heteroatoms. The molecule has 1 fully saturated rings. The van der Waals surface area contributed by atoms with E-state index < -0.39 is 17.6 Å². The highest BCUT2D eigenvalue weighted by Crippen LogP contribution is 2.33. The van der Waals surface area contributed by atoms with Crippen LogP contribution in [0.3, 0.4) is 0 Å². The Morgan fingerprint density at radius 2 is 1.78 bits per heavy atom. The van der Waals surface area contributed by atoms with Crippen molar-refractivity contribution in [2.75, 3.05) is 13.2 Å². The highest BCUT2D eigenvalue weighted by molar-refractivity contribution is 5.84. The number of hydrogen-bond acceptors (Lipinski definition) is 7. The number of rotatable bonds is 18. The Morgan fingerprint density at radius 1 is 1.08 bits per heavy atom. The topological polar surface area (TPSA) is 110 Å². The number of Topliss-reactive ketones (excluding diaryl/α,β-unsaturated/α-hetero) is 1. The van der Waals surface area contributed by atoms with Gasteiger partial charge in [-0.3, -0.25) is 14.4 Å². The number of hydrogen-bond donors (Lipinski definition) is 2. The van der Waals surface area contributed by atoms with Crippen molar-refractivity contribution in [2.45, 2.75) is 111 Å². The van der Waals surface area contributed by atoms with Gasteiger partial charge in [-0.15, -0.1) is 0 Å². The summed E-state index contributed by atoms with van der Waals surface area (Å²) in [5.41, 5.74) is -0.497. The van der Waals surface area contributed by atoms with E-state index in [1.807, 2.05) is 39.0 Å². The van der Waals surface area contributed by atoms with E-state index >= 15 is 0 Å². The summed E-state index contributed by atoms with van der Waals surface area (Å²) in [7, 11) is 0. The number of esters is 2. The molecular formula is C29H48O7. The zero-order chi connectivity index (χ0) is 27.0. The molecule has 0 bridgehead atoms. The summed E-state index contributed by atoms with van der Waals surface area (Å²) in [6, 6.07) is 0. The molecule has 0 saturated heterocycles. The van der Waals surface area contributed by atoms with E-state index in [9.17, 15) is 24.6 Å². The second kappa shape index (κ2) is 17.5. The molecule has 1 aliphatic carbocycles. The van der Waals surface area contributed by atoms with Crippen LogP contribution in [0, 0.1) is 17.3 Å². The smallest absolute Gasteiger partial charge is 0.311 e. The summed E-state index contributed by atoms with van der Waals surface area (Å²) in [6.45, 7) is 8.00. The zero-order valence-electron chi connectivity index (χ0n) is 22.7. The molecule has 7 nitrogen and oxygen atoms in total. The second-order valence-corrected chi connectivity index (χ2v) is 10.1. The maximum absolute atomic E-state index is 12.3. The van der Waals surface area contributed by atoms with Crippen LogP contribution < -0.4 is 0 Å². The third-order valence-electron chi connectivity index (χ3n) is 7.33. The Bertz CT molecular complexity index is 723. The van der Waals surface area contributed by atoms with Crippen LogP contribution in [0.4, 0.5) is 0 Å². The largest absolute Gasteiger partial charge is 0.462 e. The number of aliphatic hydroxyl groups is 2. The van der Waals surface area contributed by atoms with Gasteiger partial charge in [0.25, 0.3) is 0 Å². The first-order valence-electron chi connectivity index (χ1n) is 13.7. The van der Waals surface area contributed by atoms with Crippen molar-refractivity contribution in [1.29, 1.82) is 0 Å². The summed E-state index contributed by atoms with van der Waals surface area (Å²) in [5.74, 6) is -1.11. The van der Waals surface area contributed by atoms with Crippen molar-refractivity contribution in [2.24, 2.45) is 17.3 Å². The number of ether oxygens (including phenoxy) is 2. The molecule has 1 rings (SSSR count). The van der Waals surface area contributed by atoms with Crippen LogP contribution in [-0.2, 0) is 23.9 Å². The van der Waals surface area contributed by atoms with Crippen molar-refractivity contribution >= 4 is 17.7 Å². The van der Waals surface area contributed by atoms with Crippen LogP contribution in [0.1, 0.15) is 98.3 Å². The molecule has 0 aliphatic heterocycles. The summed E-state index contributed by atoms with van der Waals surface area (Å²) < 4.78 is 10.4. The maximum atomic E-state index is 12.3. The Morgan fingerprint density at radius 3 is 2.44 bits per heavy atom. The van der Waals surface area contributed by atoms with Gasteiger partial charge >= 0.3 is 11.9 Å². The summed E-state index contributed by atoms with van der Waals surface area (Å²) >= 11 is 0. The molecule has 0 spiro atoms. The normalized spacial score (nSPS) is 21.4. The standard InChI is InChI=1S/C29H48O7/c1-5-8-11-14-22(30)17-18-24-23(25(31)21-26(24)32)15-12-9-10-13-16-27(33)35-19-20-36-28(34)29(4,6-2)7-3/h9,12,17-18,22-24,26,30,32H,5-8,10-11,13-16,19-21H2,1-4H3/b12-9-,18-17+/t22-,23+,24+,26+/m0/s1. The first-order chi connectivity index (χ1) is 17.2. The van der Waals surface area contributed by atoms with Crippen LogP contribution in [0.25, 0.3) is 0 Å². The van der Waals surface area contributed by atoms with Crippen LogP contribution in [-0.4, -0.2) is 53.4 Å². The van der Waals surface area contributed by atoms with E-state index in [0.717, 1.165) is 19.3 Å². The third-order valence-corrected chi connectivity index (χ3v) is 7.33. The van der Waals surface area contributed by atoms with Crippen LogP contribution in [0.5, 0.6) is 0 Å². The predicted octanol–water partition coefficient (Wildman–Crippen LogP) is 5.08. The molecule has 0 radical (unpaired) electrons. The lowest BCUT2D eigenvalue weighted by molar-refractivity contribution is -0.160. The monoisotopic (exact) mass is 508 g/mol. The third kappa shape index (κ3) is 11.4. The van der Waals surface area contributed by atoms with Crippen LogP contribution >= 0.6 is 0 Å². The molecule has 1 saturated carbocycles. The fourth-order valence-electron chi connectivity index (χ4n) is 4.28. The molecule has 0 unspecified atom stereocenters. The van der Waals surface area contributed by atoms with Gasteiger partial charge in [-0.1, -0.05) is 64.3 Å². The Labute approximate surface area is 217 Å². The van der Waals surface area contributed by atoms with Crippen molar-refractivity contribution in [3.05, 3.63) is 24.3 Å². The number of aliphatic hydroxyl groups excluding tert-OH is 2. The molecule has 4 atom stereocenters. The van der Waals surface area contributed by atoms with Gasteiger partial charge in [-0.2, -0.15) is 0 Å². The maximum Gasteiger partial charge on any atom is 0.311 e. The number of carbonyl (C=O) groups is 3. The average Bonchev–Trinajstić information content (AvgIpc) is 3.13. The second-order valence-electron chi connectivity index (χ2n) is 10.1. The van der Waals surface area contributed by atoms with Gasteiger partial charge < -0.3 is 19.7 Å². The lowest BCUT2D eigenvalue weighted by Crippen LogP contribution is -2.29. The summed E-state index contributed by atoms with van der Waals surface area (Å²) in [4.78, 5) is 36.3. The SMILES string of the molecule is CCCCC[C@H](O)/C=C/[C@H]1[C@H](O)CC(=O)[C@@H]1C/C=C\CCCC(=O)OCCOC(=O)C(C)(CC)CC. The van der Waals surface area contributed by atoms with E-state index in [-0.39, 0.29) is 55.6 Å². The van der Waals surface area contributed by atoms with E-state index in [1.54, 1.807) is 6.08 Å². The first-order valence-corrected chi connectivity index (χ1v) is 13.7. The Balaban J connectivity index is 2.30. The van der Waals surface area contributed by atoms with Crippen molar-refractivity contribution in [1.82, 2.24) is 0 Å². The molecule has 2 N–H and O–H groups in total. The van der Waals surface area contributed by atoms with Gasteiger partial charge in [-0.25, -0.2) is 0 Å². The Kier molecular flexibility index (Phi) is 15.5. The summed E-state index contributed by atoms with van der Waals surface area (Å²) in [6.07, 6.45) is 13.6. The molecular weight excluding hydrogens is 460 g/mol. The van der Waals surface area contributed by atoms with Gasteiger partial charge in [0, 0.05) is 24.7 Å². The molecule has 36 heavy (non-hydrogen) atoms. The van der Waals surface area contributed by atoms with Gasteiger partial charge in [0.2, 0.25) is 0 Å². The van der Waals surface area contributed by atoms with E-state index in [1.165, 1.54) is 0 Å². The van der Waals surface area contributed by atoms with Crippen molar-refractivity contribution < 1.29 is 34.1 Å². The minimum Gasteiger partial charge on any atom is -0.462 e. The quantitative estimate of drug-likeness (QED) is 0.151. The van der Waals surface area contributed by atoms with Gasteiger partial charge in [0.1, 0.15) is 19.0 Å². The lowest BCUT2D eigenvalue weighted by Gasteiger charge is -2.23. The highest BCUT2D eigenvalue weighted by atomic mass is 16.6. The van der Waals surface area contributed by atoms with Gasteiger partial charge in [0.15, 0.2) is 0 Å². The summed E-state index contributed by atoms with van der Waals surface area (Å²) in [5, 5.41) is 20.4. The fourth-order valence-corrected chi connectivity index (χ4v) is 4.28. The molecule has 1 aliphatic rings. The minimum absolute atomic E-state index is 0.0461. The van der Waals surface area contributed by atoms with E-state index in [2.05, 4.69) is 6.92 Å². The highest BCUT2D eigenvalue weighted by Gasteiger charge is 2.39. The molecule has 206 valence electrons. The number of allylic oxidation sites excluding steroid dienone is 2. The van der Waals surface area contributed by atoms with Crippen LogP contribution in [0.15, 0.2) is 24.3 Å². The Hall–Kier alpha value is -1.99. The molecule has 0 amide bonds. The minimum atomic E-state index is -0.707. The van der Waals surface area contributed by atoms with Gasteiger partial charge in [-0.05, 0) is 45.4 Å². The van der Waals surface area contributed by atoms with E-state index in [0.29, 0.717) is 38.5 Å². The molecule has 0 aromatic rings. The predicted molar refractivity (Wildman–Crippen MR) is 140 cm³/mol. The van der Waals surface area contributed by atoms with Gasteiger partial charge in [0.05, 0.1) is 17.6 Å².